The minimum absolute atomic E-state index is 0.539. The van der Waals surface area contributed by atoms with Crippen LogP contribution in [-0.4, -0.2) is 34.5 Å². The Morgan fingerprint density at radius 2 is 2.17 bits per heavy atom. The van der Waals surface area contributed by atoms with Crippen LogP contribution in [0.2, 0.25) is 0 Å². The van der Waals surface area contributed by atoms with Crippen LogP contribution in [0.15, 0.2) is 18.3 Å². The van der Waals surface area contributed by atoms with Crippen LogP contribution in [-0.2, 0) is 19.4 Å². The zero-order valence-electron chi connectivity index (χ0n) is 14.5. The third-order valence-corrected chi connectivity index (χ3v) is 4.98. The van der Waals surface area contributed by atoms with E-state index in [1.165, 1.54) is 29.7 Å². The average molecular weight is 323 g/mol. The van der Waals surface area contributed by atoms with Crippen molar-refractivity contribution in [2.24, 2.45) is 0 Å². The summed E-state index contributed by atoms with van der Waals surface area (Å²) in [4.78, 5) is 11.5. The number of nitrogens with zero attached hydrogens (tertiary/aromatic N) is 3. The van der Waals surface area contributed by atoms with Gasteiger partial charge in [-0.1, -0.05) is 6.92 Å². The Morgan fingerprint density at radius 1 is 1.33 bits per heavy atom. The van der Waals surface area contributed by atoms with Gasteiger partial charge in [0.25, 0.3) is 0 Å². The van der Waals surface area contributed by atoms with Gasteiger partial charge in [0.2, 0.25) is 0 Å². The Kier molecular flexibility index (Phi) is 3.88. The van der Waals surface area contributed by atoms with Crippen LogP contribution in [0.25, 0.3) is 11.3 Å². The van der Waals surface area contributed by atoms with Crippen molar-refractivity contribution in [2.75, 3.05) is 24.6 Å². The van der Waals surface area contributed by atoms with Crippen molar-refractivity contribution in [3.63, 3.8) is 0 Å². The highest BCUT2D eigenvalue weighted by molar-refractivity contribution is 5.71. The smallest absolute Gasteiger partial charge is 0.145 e. The molecule has 1 aromatic heterocycles. The van der Waals surface area contributed by atoms with Gasteiger partial charge in [-0.3, -0.25) is 0 Å². The Hall–Kier alpha value is -2.14. The molecule has 1 aliphatic carbocycles. The summed E-state index contributed by atoms with van der Waals surface area (Å²) in [5.41, 5.74) is 13.0. The van der Waals surface area contributed by atoms with Crippen molar-refractivity contribution < 1.29 is 0 Å². The van der Waals surface area contributed by atoms with Gasteiger partial charge in [-0.15, -0.1) is 0 Å². The molecule has 0 bridgehead atoms. The molecule has 5 heteroatoms. The molecule has 1 fully saturated rings. The zero-order chi connectivity index (χ0) is 16.7. The van der Waals surface area contributed by atoms with Gasteiger partial charge in [-0.2, -0.15) is 0 Å². The molecule has 2 aromatic rings. The van der Waals surface area contributed by atoms with Crippen molar-refractivity contribution in [3.8, 4) is 11.3 Å². The lowest BCUT2D eigenvalue weighted by Gasteiger charge is -2.28. The van der Waals surface area contributed by atoms with Crippen LogP contribution >= 0.6 is 0 Å². The second-order valence-electron chi connectivity index (χ2n) is 7.01. The van der Waals surface area contributed by atoms with Crippen LogP contribution in [0.5, 0.6) is 0 Å². The lowest BCUT2D eigenvalue weighted by Crippen LogP contribution is -2.27. The monoisotopic (exact) mass is 323 g/mol. The van der Waals surface area contributed by atoms with Gasteiger partial charge in [-0.25, -0.2) is 9.97 Å². The number of nitrogens with one attached hydrogen (secondary N) is 1. The fraction of sp³-hybridized carbons (Fsp3) is 0.474. The highest BCUT2D eigenvalue weighted by atomic mass is 15.1. The number of benzene rings is 1. The van der Waals surface area contributed by atoms with E-state index >= 15 is 0 Å². The van der Waals surface area contributed by atoms with E-state index in [1.54, 1.807) is 6.20 Å². The highest BCUT2D eigenvalue weighted by Crippen LogP contribution is 2.35. The number of hydrogen-bond donors (Lipinski definition) is 2. The molecule has 126 valence electrons. The van der Waals surface area contributed by atoms with Gasteiger partial charge in [0.05, 0.1) is 17.6 Å². The summed E-state index contributed by atoms with van der Waals surface area (Å²) in [6, 6.07) is 5.18. The van der Waals surface area contributed by atoms with E-state index in [0.29, 0.717) is 11.9 Å². The molecule has 0 saturated heterocycles. The standard InChI is InChI=1S/C19H25N5/c1-3-16-19(20)21-10-18(23-16)13-8-12-6-7-24(2)11-15(12)17(9-13)22-14-4-5-14/h8-10,14,22H,3-7,11H2,1-2H3,(H2,20,21). The summed E-state index contributed by atoms with van der Waals surface area (Å²) in [5, 5.41) is 3.72. The molecule has 4 rings (SSSR count). The largest absolute Gasteiger partial charge is 0.382 e. The Bertz CT molecular complexity index is 767. The number of nitrogen functional groups attached to an aromatic ring is 1. The molecular formula is C19H25N5. The van der Waals surface area contributed by atoms with Crippen LogP contribution in [0.1, 0.15) is 36.6 Å². The number of aryl methyl sites for hydroxylation is 1. The van der Waals surface area contributed by atoms with E-state index in [0.717, 1.165) is 42.9 Å². The van der Waals surface area contributed by atoms with Gasteiger partial charge in [-0.05, 0) is 56.0 Å². The number of fused-ring (bicyclic) bond motifs is 1. The van der Waals surface area contributed by atoms with E-state index in [2.05, 4.69) is 41.3 Å². The third-order valence-electron chi connectivity index (χ3n) is 4.98. The maximum absolute atomic E-state index is 5.92. The molecule has 2 heterocycles. The molecule has 5 nitrogen and oxygen atoms in total. The first-order chi connectivity index (χ1) is 11.6. The first-order valence-electron chi connectivity index (χ1n) is 8.86. The fourth-order valence-corrected chi connectivity index (χ4v) is 3.36. The number of likely N-dealkylation sites (N-methyl/N-ethyl adjacent to an activating group) is 1. The van der Waals surface area contributed by atoms with Crippen molar-refractivity contribution in [1.82, 2.24) is 14.9 Å². The summed E-state index contributed by atoms with van der Waals surface area (Å²) < 4.78 is 0. The van der Waals surface area contributed by atoms with Crippen LogP contribution in [0, 0.1) is 0 Å². The van der Waals surface area contributed by atoms with E-state index in [-0.39, 0.29) is 0 Å². The van der Waals surface area contributed by atoms with Gasteiger partial charge < -0.3 is 16.0 Å². The lowest BCUT2D eigenvalue weighted by molar-refractivity contribution is 0.313. The minimum Gasteiger partial charge on any atom is -0.382 e. The van der Waals surface area contributed by atoms with Crippen LogP contribution < -0.4 is 11.1 Å². The highest BCUT2D eigenvalue weighted by Gasteiger charge is 2.25. The number of nitrogens with two attached hydrogens (primary N) is 1. The van der Waals surface area contributed by atoms with E-state index in [1.807, 2.05) is 0 Å². The van der Waals surface area contributed by atoms with Crippen molar-refractivity contribution >= 4 is 11.5 Å². The molecule has 0 spiro atoms. The topological polar surface area (TPSA) is 67.1 Å². The molecule has 0 amide bonds. The molecular weight excluding hydrogens is 298 g/mol. The van der Waals surface area contributed by atoms with Gasteiger partial charge >= 0.3 is 0 Å². The first-order valence-corrected chi connectivity index (χ1v) is 8.86. The first kappa shape index (κ1) is 15.4. The van der Waals surface area contributed by atoms with Crippen molar-refractivity contribution in [1.29, 1.82) is 0 Å². The number of hydrogen-bond acceptors (Lipinski definition) is 5. The van der Waals surface area contributed by atoms with Crippen LogP contribution in [0.3, 0.4) is 0 Å². The van der Waals surface area contributed by atoms with Crippen LogP contribution in [0.4, 0.5) is 11.5 Å². The quantitative estimate of drug-likeness (QED) is 0.905. The third kappa shape index (κ3) is 2.96. The molecule has 1 aliphatic heterocycles. The normalized spacial score (nSPS) is 17.6. The molecule has 0 atom stereocenters. The number of rotatable bonds is 4. The Morgan fingerprint density at radius 3 is 2.92 bits per heavy atom. The Labute approximate surface area is 143 Å². The summed E-state index contributed by atoms with van der Waals surface area (Å²) >= 11 is 0. The molecule has 0 radical (unpaired) electrons. The summed E-state index contributed by atoms with van der Waals surface area (Å²) in [7, 11) is 2.19. The Balaban J connectivity index is 1.78. The molecule has 2 aliphatic rings. The van der Waals surface area contributed by atoms with Gasteiger partial charge in [0.1, 0.15) is 5.82 Å². The fourth-order valence-electron chi connectivity index (χ4n) is 3.36. The van der Waals surface area contributed by atoms with E-state index in [4.69, 9.17) is 10.7 Å². The average Bonchev–Trinajstić information content (AvgIpc) is 3.39. The predicted octanol–water partition coefficient (Wildman–Crippen LogP) is 2.85. The minimum atomic E-state index is 0.539. The SMILES string of the molecule is CCc1nc(-c2cc3c(c(NC4CC4)c2)CN(C)CC3)cnc1N. The maximum Gasteiger partial charge on any atom is 0.145 e. The second-order valence-corrected chi connectivity index (χ2v) is 7.01. The number of anilines is 2. The molecule has 24 heavy (non-hydrogen) atoms. The molecule has 3 N–H and O–H groups in total. The summed E-state index contributed by atoms with van der Waals surface area (Å²) in [5.74, 6) is 0.539. The summed E-state index contributed by atoms with van der Waals surface area (Å²) in [6.07, 6.45) is 6.23. The van der Waals surface area contributed by atoms with Crippen molar-refractivity contribution in [2.45, 2.75) is 45.2 Å². The lowest BCUT2D eigenvalue weighted by atomic mass is 9.94. The predicted molar refractivity (Wildman–Crippen MR) is 97.9 cm³/mol. The van der Waals surface area contributed by atoms with Gasteiger partial charge in [0, 0.05) is 30.4 Å². The van der Waals surface area contributed by atoms with Crippen molar-refractivity contribution in [3.05, 3.63) is 35.2 Å². The molecule has 1 saturated carbocycles. The summed E-state index contributed by atoms with van der Waals surface area (Å²) in [6.45, 7) is 4.18. The van der Waals surface area contributed by atoms with E-state index in [9.17, 15) is 0 Å². The molecule has 0 unspecified atom stereocenters. The van der Waals surface area contributed by atoms with Gasteiger partial charge in [0.15, 0.2) is 0 Å². The number of aromatic nitrogens is 2. The molecule has 1 aromatic carbocycles. The second kappa shape index (κ2) is 6.06. The zero-order valence-corrected chi connectivity index (χ0v) is 14.5. The van der Waals surface area contributed by atoms with E-state index < -0.39 is 0 Å². The maximum atomic E-state index is 5.92.